The van der Waals surface area contributed by atoms with E-state index < -0.39 is 14.9 Å². The van der Waals surface area contributed by atoms with Gasteiger partial charge in [0.25, 0.3) is 10.0 Å². The summed E-state index contributed by atoms with van der Waals surface area (Å²) in [5.41, 5.74) is 5.04. The molecule has 0 aliphatic heterocycles. The second kappa shape index (κ2) is 5.82. The summed E-state index contributed by atoms with van der Waals surface area (Å²) < 4.78 is 26.3. The van der Waals surface area contributed by atoms with Gasteiger partial charge in [0.1, 0.15) is 4.21 Å². The Morgan fingerprint density at radius 1 is 1.58 bits per heavy atom. The number of nitro groups is 1. The van der Waals surface area contributed by atoms with Crippen LogP contribution in [-0.2, 0) is 10.0 Å². The third kappa shape index (κ3) is 4.13. The zero-order valence-corrected chi connectivity index (χ0v) is 12.4. The Bertz CT molecular complexity index is 567. The van der Waals surface area contributed by atoms with E-state index in [9.17, 15) is 18.5 Å². The molecule has 1 aromatic heterocycles. The van der Waals surface area contributed by atoms with Gasteiger partial charge >= 0.3 is 5.69 Å². The van der Waals surface area contributed by atoms with E-state index in [0.29, 0.717) is 17.9 Å². The molecule has 0 saturated carbocycles. The summed E-state index contributed by atoms with van der Waals surface area (Å²) >= 11 is 0.683. The average molecular weight is 308 g/mol. The predicted octanol–water partition coefficient (Wildman–Crippen LogP) is 0.467. The molecule has 10 heteroatoms. The number of thiophene rings is 1. The number of nitrogen functional groups attached to an aromatic ring is 1. The van der Waals surface area contributed by atoms with Crippen molar-refractivity contribution in [2.24, 2.45) is 0 Å². The number of hydrogen-bond donors (Lipinski definition) is 2. The molecule has 0 amide bonds. The first-order valence-electron chi connectivity index (χ1n) is 5.34. The molecule has 1 aromatic rings. The molecule has 19 heavy (non-hydrogen) atoms. The number of likely N-dealkylation sites (N-methyl/N-ethyl adjacent to an activating group) is 1. The first kappa shape index (κ1) is 15.8. The number of nitrogens with one attached hydrogen (secondary N) is 1. The van der Waals surface area contributed by atoms with Crippen LogP contribution in [-0.4, -0.2) is 44.9 Å². The monoisotopic (exact) mass is 308 g/mol. The van der Waals surface area contributed by atoms with Crippen molar-refractivity contribution in [1.82, 2.24) is 9.62 Å². The van der Waals surface area contributed by atoms with Gasteiger partial charge in [0.15, 0.2) is 5.00 Å². The number of hydrogen-bond acceptors (Lipinski definition) is 7. The quantitative estimate of drug-likeness (QED) is 0.582. The fourth-order valence-electron chi connectivity index (χ4n) is 1.56. The minimum Gasteiger partial charge on any atom is -0.385 e. The highest BCUT2D eigenvalue weighted by atomic mass is 32.2. The van der Waals surface area contributed by atoms with Crippen molar-refractivity contribution in [2.75, 3.05) is 26.4 Å². The van der Waals surface area contributed by atoms with Crippen molar-refractivity contribution in [3.05, 3.63) is 16.2 Å². The van der Waals surface area contributed by atoms with Gasteiger partial charge in [-0.2, -0.15) is 0 Å². The zero-order valence-electron chi connectivity index (χ0n) is 10.8. The predicted molar refractivity (Wildman–Crippen MR) is 73.7 cm³/mol. The van der Waals surface area contributed by atoms with Gasteiger partial charge in [0.2, 0.25) is 0 Å². The summed E-state index contributed by atoms with van der Waals surface area (Å²) in [4.78, 5) is 11.8. The Morgan fingerprint density at radius 2 is 2.16 bits per heavy atom. The van der Waals surface area contributed by atoms with Crippen LogP contribution in [0.15, 0.2) is 10.3 Å². The van der Waals surface area contributed by atoms with Gasteiger partial charge < -0.3 is 10.6 Å². The largest absolute Gasteiger partial charge is 0.385 e. The second-order valence-corrected chi connectivity index (χ2v) is 7.38. The highest BCUT2D eigenvalue weighted by Crippen LogP contribution is 2.34. The SMILES string of the molecule is CC(CN(C)C)NS(=O)(=O)c1cc([N+](=O)[O-])c(N)s1. The van der Waals surface area contributed by atoms with Gasteiger partial charge in [-0.25, -0.2) is 13.1 Å². The lowest BCUT2D eigenvalue weighted by Gasteiger charge is -2.17. The van der Waals surface area contributed by atoms with Crippen LogP contribution < -0.4 is 10.5 Å². The van der Waals surface area contributed by atoms with E-state index >= 15 is 0 Å². The third-order valence-corrected chi connectivity index (χ3v) is 5.19. The molecule has 0 saturated heterocycles. The van der Waals surface area contributed by atoms with Crippen LogP contribution in [0.2, 0.25) is 0 Å². The molecule has 1 unspecified atom stereocenters. The minimum absolute atomic E-state index is 0.120. The molecule has 0 fully saturated rings. The Morgan fingerprint density at radius 3 is 2.58 bits per heavy atom. The normalized spacial score (nSPS) is 13.7. The molecule has 0 aliphatic carbocycles. The highest BCUT2D eigenvalue weighted by molar-refractivity contribution is 7.91. The Hall–Kier alpha value is -1.23. The molecule has 1 rings (SSSR count). The van der Waals surface area contributed by atoms with Gasteiger partial charge in [-0.3, -0.25) is 10.1 Å². The number of rotatable bonds is 6. The summed E-state index contributed by atoms with van der Waals surface area (Å²) in [5.74, 6) is 0. The molecule has 1 heterocycles. The van der Waals surface area contributed by atoms with Crippen LogP contribution >= 0.6 is 11.3 Å². The molecule has 1 atom stereocenters. The average Bonchev–Trinajstić information content (AvgIpc) is 2.58. The number of sulfonamides is 1. The van der Waals surface area contributed by atoms with Crippen LogP contribution in [0, 0.1) is 10.1 Å². The molecular weight excluding hydrogens is 292 g/mol. The summed E-state index contributed by atoms with van der Waals surface area (Å²) in [6.45, 7) is 2.23. The molecule has 0 spiro atoms. The number of nitrogens with two attached hydrogens (primary N) is 1. The van der Waals surface area contributed by atoms with E-state index in [2.05, 4.69) is 4.72 Å². The van der Waals surface area contributed by atoms with Crippen molar-refractivity contribution < 1.29 is 13.3 Å². The molecule has 0 bridgehead atoms. The number of nitrogens with zero attached hydrogens (tertiary/aromatic N) is 2. The summed E-state index contributed by atoms with van der Waals surface area (Å²) in [5, 5.41) is 10.5. The molecule has 108 valence electrons. The molecule has 0 aromatic carbocycles. The lowest BCUT2D eigenvalue weighted by molar-refractivity contribution is -0.383. The Labute approximate surface area is 115 Å². The van der Waals surface area contributed by atoms with E-state index in [4.69, 9.17) is 5.73 Å². The van der Waals surface area contributed by atoms with Crippen LogP contribution in [0.5, 0.6) is 0 Å². The minimum atomic E-state index is -3.78. The maximum absolute atomic E-state index is 12.0. The lowest BCUT2D eigenvalue weighted by Crippen LogP contribution is -2.39. The molecule has 0 aliphatic rings. The molecular formula is C9H16N4O4S2. The summed E-state index contributed by atoms with van der Waals surface area (Å²) in [6, 6.07) is 0.660. The van der Waals surface area contributed by atoms with Gasteiger partial charge in [-0.1, -0.05) is 11.3 Å². The standard InChI is InChI=1S/C9H16N4O4S2/c1-6(5-12(2)3)11-19(16,17)8-4-7(13(14)15)9(10)18-8/h4,6,11H,5,10H2,1-3H3. The van der Waals surface area contributed by atoms with Crippen LogP contribution in [0.1, 0.15) is 6.92 Å². The smallest absolute Gasteiger partial charge is 0.304 e. The summed E-state index contributed by atoms with van der Waals surface area (Å²) in [6.07, 6.45) is 0. The fourth-order valence-corrected chi connectivity index (χ4v) is 4.02. The van der Waals surface area contributed by atoms with E-state index in [1.807, 2.05) is 19.0 Å². The van der Waals surface area contributed by atoms with Gasteiger partial charge in [0.05, 0.1) is 4.92 Å². The summed E-state index contributed by atoms with van der Waals surface area (Å²) in [7, 11) is -0.146. The van der Waals surface area contributed by atoms with Crippen molar-refractivity contribution in [2.45, 2.75) is 17.2 Å². The first-order chi connectivity index (χ1) is 8.63. The van der Waals surface area contributed by atoms with Gasteiger partial charge in [-0.05, 0) is 21.0 Å². The molecule has 8 nitrogen and oxygen atoms in total. The first-order valence-corrected chi connectivity index (χ1v) is 7.64. The van der Waals surface area contributed by atoms with Crippen LogP contribution in [0.4, 0.5) is 10.7 Å². The second-order valence-electron chi connectivity index (χ2n) is 4.36. The Balaban J connectivity index is 2.95. The maximum atomic E-state index is 12.0. The van der Waals surface area contributed by atoms with Gasteiger partial charge in [-0.15, -0.1) is 0 Å². The van der Waals surface area contributed by atoms with E-state index in [1.165, 1.54) is 0 Å². The zero-order chi connectivity index (χ0) is 14.8. The maximum Gasteiger partial charge on any atom is 0.304 e. The van der Waals surface area contributed by atoms with Crippen molar-refractivity contribution >= 4 is 32.0 Å². The van der Waals surface area contributed by atoms with Crippen LogP contribution in [0.25, 0.3) is 0 Å². The van der Waals surface area contributed by atoms with Gasteiger partial charge in [0, 0.05) is 18.7 Å². The van der Waals surface area contributed by atoms with Crippen molar-refractivity contribution in [3.63, 3.8) is 0 Å². The Kier molecular flexibility index (Phi) is 4.85. The van der Waals surface area contributed by atoms with Crippen molar-refractivity contribution in [1.29, 1.82) is 0 Å². The molecule has 3 N–H and O–H groups in total. The molecule has 0 radical (unpaired) electrons. The van der Waals surface area contributed by atoms with E-state index in [0.717, 1.165) is 6.07 Å². The topological polar surface area (TPSA) is 119 Å². The number of anilines is 1. The van der Waals surface area contributed by atoms with Crippen molar-refractivity contribution in [3.8, 4) is 0 Å². The third-order valence-electron chi connectivity index (χ3n) is 2.17. The lowest BCUT2D eigenvalue weighted by atomic mass is 10.3. The highest BCUT2D eigenvalue weighted by Gasteiger charge is 2.25. The van der Waals surface area contributed by atoms with Crippen LogP contribution in [0.3, 0.4) is 0 Å². The van der Waals surface area contributed by atoms with E-state index in [1.54, 1.807) is 6.92 Å². The fraction of sp³-hybridized carbons (Fsp3) is 0.556. The van der Waals surface area contributed by atoms with E-state index in [-0.39, 0.29) is 20.9 Å².